The van der Waals surface area contributed by atoms with Crippen molar-refractivity contribution in [3.05, 3.63) is 93.1 Å². The van der Waals surface area contributed by atoms with E-state index >= 15 is 0 Å². The molecule has 1 aliphatic rings. The Hall–Kier alpha value is -3.75. The number of rotatable bonds is 4. The maximum absolute atomic E-state index is 13.5. The lowest BCUT2D eigenvalue weighted by Crippen LogP contribution is -2.16. The summed E-state index contributed by atoms with van der Waals surface area (Å²) in [6.07, 6.45) is 2.54. The second-order valence-electron chi connectivity index (χ2n) is 7.74. The number of aryl methyl sites for hydroxylation is 1. The fourth-order valence-corrected chi connectivity index (χ4v) is 4.42. The highest BCUT2D eigenvalue weighted by Crippen LogP contribution is 2.38. The quantitative estimate of drug-likeness (QED) is 0.395. The van der Waals surface area contributed by atoms with Gasteiger partial charge in [-0.25, -0.2) is 14.1 Å². The number of hydrogen-bond donors (Lipinski definition) is 2. The molecule has 0 spiro atoms. The van der Waals surface area contributed by atoms with E-state index in [-0.39, 0.29) is 27.3 Å². The number of anilines is 1. The number of hydrogen-bond acceptors (Lipinski definition) is 4. The summed E-state index contributed by atoms with van der Waals surface area (Å²) in [5, 5.41) is 7.58. The Morgan fingerprint density at radius 2 is 1.82 bits per heavy atom. The van der Waals surface area contributed by atoms with E-state index in [2.05, 4.69) is 15.4 Å². The highest BCUT2D eigenvalue weighted by molar-refractivity contribution is 6.35. The number of halogens is 3. The molecule has 0 radical (unpaired) electrons. The van der Waals surface area contributed by atoms with Crippen LogP contribution in [-0.2, 0) is 12.8 Å². The molecule has 0 saturated heterocycles. The van der Waals surface area contributed by atoms with Crippen molar-refractivity contribution >= 4 is 40.7 Å². The van der Waals surface area contributed by atoms with E-state index in [0.29, 0.717) is 35.5 Å². The van der Waals surface area contributed by atoms with Gasteiger partial charge in [0.05, 0.1) is 22.0 Å². The van der Waals surface area contributed by atoms with Gasteiger partial charge in [0.1, 0.15) is 11.0 Å². The van der Waals surface area contributed by atoms with Crippen molar-refractivity contribution in [2.75, 3.05) is 5.32 Å². The standard InChI is InChI=1S/C24H16Cl2FN5O2/c25-19-11-29-20(26)10-18(19)24(34)30-14-5-1-12-2-8-16-21(23(28)33)31-32(22(16)17(12)9-14)15-6-3-13(27)4-7-15/h1,3-7,9-11H,2,8H2,(H2,28,33)(H,30,34). The van der Waals surface area contributed by atoms with Gasteiger partial charge in [-0.2, -0.15) is 5.10 Å². The fourth-order valence-electron chi connectivity index (χ4n) is 4.07. The molecular weight excluding hydrogens is 480 g/mol. The van der Waals surface area contributed by atoms with Crippen molar-refractivity contribution in [2.45, 2.75) is 12.8 Å². The lowest BCUT2D eigenvalue weighted by atomic mass is 9.88. The summed E-state index contributed by atoms with van der Waals surface area (Å²) in [4.78, 5) is 28.8. The van der Waals surface area contributed by atoms with Crippen LogP contribution in [0.2, 0.25) is 10.2 Å². The maximum Gasteiger partial charge on any atom is 0.269 e. The molecule has 4 aromatic rings. The average molecular weight is 496 g/mol. The summed E-state index contributed by atoms with van der Waals surface area (Å²) in [7, 11) is 0. The van der Waals surface area contributed by atoms with Gasteiger partial charge in [-0.15, -0.1) is 0 Å². The van der Waals surface area contributed by atoms with Crippen LogP contribution in [0.3, 0.4) is 0 Å². The van der Waals surface area contributed by atoms with Gasteiger partial charge in [0.15, 0.2) is 5.69 Å². The Bertz CT molecular complexity index is 1470. The molecule has 0 bridgehead atoms. The second kappa shape index (κ2) is 8.55. The molecule has 0 saturated carbocycles. The Morgan fingerprint density at radius 3 is 2.56 bits per heavy atom. The van der Waals surface area contributed by atoms with Crippen LogP contribution < -0.4 is 11.1 Å². The van der Waals surface area contributed by atoms with Crippen molar-refractivity contribution < 1.29 is 14.0 Å². The zero-order valence-electron chi connectivity index (χ0n) is 17.5. The van der Waals surface area contributed by atoms with Crippen molar-refractivity contribution in [3.63, 3.8) is 0 Å². The minimum absolute atomic E-state index is 0.145. The molecule has 0 fully saturated rings. The fraction of sp³-hybridized carbons (Fsp3) is 0.0833. The zero-order chi connectivity index (χ0) is 24.0. The lowest BCUT2D eigenvalue weighted by Gasteiger charge is -2.20. The number of nitrogens with one attached hydrogen (secondary N) is 1. The largest absolute Gasteiger partial charge is 0.364 e. The summed E-state index contributed by atoms with van der Waals surface area (Å²) in [6, 6.07) is 12.7. The van der Waals surface area contributed by atoms with Gasteiger partial charge in [0.2, 0.25) is 0 Å². The molecule has 2 aromatic heterocycles. The number of nitrogens with zero attached hydrogens (tertiary/aromatic N) is 3. The molecule has 0 unspecified atom stereocenters. The second-order valence-corrected chi connectivity index (χ2v) is 8.54. The number of benzene rings is 2. The SMILES string of the molecule is NC(=O)c1nn(-c2ccc(F)cc2)c2c1CCc1ccc(NC(=O)c3cc(Cl)ncc3Cl)cc1-2. The van der Waals surface area contributed by atoms with Gasteiger partial charge < -0.3 is 11.1 Å². The summed E-state index contributed by atoms with van der Waals surface area (Å²) in [6.45, 7) is 0. The molecule has 2 amide bonds. The summed E-state index contributed by atoms with van der Waals surface area (Å²) < 4.78 is 15.1. The predicted molar refractivity (Wildman–Crippen MR) is 127 cm³/mol. The van der Waals surface area contributed by atoms with E-state index in [9.17, 15) is 14.0 Å². The van der Waals surface area contributed by atoms with Crippen LogP contribution in [0, 0.1) is 5.82 Å². The van der Waals surface area contributed by atoms with Gasteiger partial charge in [-0.1, -0.05) is 29.3 Å². The molecule has 2 aromatic carbocycles. The molecule has 3 N–H and O–H groups in total. The van der Waals surface area contributed by atoms with Crippen LogP contribution in [0.15, 0.2) is 54.7 Å². The van der Waals surface area contributed by atoms with E-state index in [1.54, 1.807) is 28.9 Å². The lowest BCUT2D eigenvalue weighted by molar-refractivity contribution is 0.0992. The molecule has 5 rings (SSSR count). The molecule has 10 heteroatoms. The number of fused-ring (bicyclic) bond motifs is 3. The molecule has 7 nitrogen and oxygen atoms in total. The third-order valence-corrected chi connectivity index (χ3v) is 6.13. The van der Waals surface area contributed by atoms with Gasteiger partial charge in [-0.3, -0.25) is 9.59 Å². The molecule has 0 aliphatic heterocycles. The summed E-state index contributed by atoms with van der Waals surface area (Å²) >= 11 is 12.0. The number of nitrogens with two attached hydrogens (primary N) is 1. The Labute approximate surface area is 203 Å². The topological polar surface area (TPSA) is 103 Å². The maximum atomic E-state index is 13.5. The number of carbonyl (C=O) groups excluding carboxylic acids is 2. The molecule has 170 valence electrons. The monoisotopic (exact) mass is 495 g/mol. The van der Waals surface area contributed by atoms with Crippen LogP contribution in [0.4, 0.5) is 10.1 Å². The molecular formula is C24H16Cl2FN5O2. The first-order valence-electron chi connectivity index (χ1n) is 10.2. The molecule has 2 heterocycles. The van der Waals surface area contributed by atoms with Crippen molar-refractivity contribution in [1.82, 2.24) is 14.8 Å². The van der Waals surface area contributed by atoms with Crippen molar-refractivity contribution in [3.8, 4) is 16.9 Å². The Kier molecular flexibility index (Phi) is 5.55. The van der Waals surface area contributed by atoms with Gasteiger partial charge in [-0.05, 0) is 60.9 Å². The van der Waals surface area contributed by atoms with E-state index < -0.39 is 11.8 Å². The van der Waals surface area contributed by atoms with Crippen molar-refractivity contribution in [2.24, 2.45) is 5.73 Å². The van der Waals surface area contributed by atoms with Crippen LogP contribution in [0.5, 0.6) is 0 Å². The molecule has 34 heavy (non-hydrogen) atoms. The summed E-state index contributed by atoms with van der Waals surface area (Å²) in [5.74, 6) is -1.48. The van der Waals surface area contributed by atoms with Crippen LogP contribution in [0.25, 0.3) is 16.9 Å². The zero-order valence-corrected chi connectivity index (χ0v) is 19.0. The first-order valence-corrected chi connectivity index (χ1v) is 11.0. The van der Waals surface area contributed by atoms with Gasteiger partial charge in [0, 0.05) is 23.0 Å². The smallest absolute Gasteiger partial charge is 0.269 e. The predicted octanol–water partition coefficient (Wildman–Crippen LogP) is 4.83. The normalized spacial score (nSPS) is 12.1. The third-order valence-electron chi connectivity index (χ3n) is 5.62. The first-order chi connectivity index (χ1) is 16.3. The molecule has 1 aliphatic carbocycles. The minimum atomic E-state index is -0.644. The third kappa shape index (κ3) is 3.91. The van der Waals surface area contributed by atoms with Gasteiger partial charge in [0.25, 0.3) is 11.8 Å². The van der Waals surface area contributed by atoms with E-state index in [0.717, 1.165) is 11.1 Å². The van der Waals surface area contributed by atoms with E-state index in [1.807, 2.05) is 6.07 Å². The highest BCUT2D eigenvalue weighted by atomic mass is 35.5. The minimum Gasteiger partial charge on any atom is -0.364 e. The molecule has 0 atom stereocenters. The number of primary amides is 1. The summed E-state index contributed by atoms with van der Waals surface area (Å²) in [5.41, 5.74) is 10.2. The Morgan fingerprint density at radius 1 is 1.06 bits per heavy atom. The van der Waals surface area contributed by atoms with E-state index in [4.69, 9.17) is 28.9 Å². The van der Waals surface area contributed by atoms with Crippen LogP contribution >= 0.6 is 23.2 Å². The number of carbonyl (C=O) groups is 2. The number of amides is 2. The van der Waals surface area contributed by atoms with Gasteiger partial charge >= 0.3 is 0 Å². The van der Waals surface area contributed by atoms with Crippen LogP contribution in [0.1, 0.15) is 32.0 Å². The average Bonchev–Trinajstić information content (AvgIpc) is 3.21. The van der Waals surface area contributed by atoms with Crippen LogP contribution in [-0.4, -0.2) is 26.6 Å². The Balaban J connectivity index is 1.60. The van der Waals surface area contributed by atoms with Crippen molar-refractivity contribution in [1.29, 1.82) is 0 Å². The number of aromatic nitrogens is 3. The first kappa shape index (κ1) is 22.1. The van der Waals surface area contributed by atoms with E-state index in [1.165, 1.54) is 24.4 Å². The number of pyridine rings is 1. The highest BCUT2D eigenvalue weighted by Gasteiger charge is 2.28.